The third kappa shape index (κ3) is 3.19. The van der Waals surface area contributed by atoms with Gasteiger partial charge in [0.05, 0.1) is 5.69 Å². The van der Waals surface area contributed by atoms with E-state index in [9.17, 15) is 14.0 Å². The number of urea groups is 1. The van der Waals surface area contributed by atoms with Crippen LogP contribution in [0.25, 0.3) is 0 Å². The summed E-state index contributed by atoms with van der Waals surface area (Å²) < 4.78 is 13.7. The maximum Gasteiger partial charge on any atom is 0.325 e. The second-order valence-electron chi connectivity index (χ2n) is 5.55. The molecular formula is C17H17FN4O2. The van der Waals surface area contributed by atoms with Crippen LogP contribution in [0.15, 0.2) is 42.6 Å². The first kappa shape index (κ1) is 15.9. The van der Waals surface area contributed by atoms with Gasteiger partial charge in [-0.3, -0.25) is 9.69 Å². The molecule has 2 aromatic rings. The molecule has 1 aliphatic rings. The summed E-state index contributed by atoms with van der Waals surface area (Å²) in [6.07, 6.45) is 1.96. The fourth-order valence-corrected chi connectivity index (χ4v) is 2.57. The molecule has 0 saturated heterocycles. The van der Waals surface area contributed by atoms with Gasteiger partial charge in [-0.25, -0.2) is 14.2 Å². The number of halogens is 1. The number of carbonyl (C=O) groups excluding carboxylic acids is 2. The minimum Gasteiger partial charge on any atom is -0.327 e. The molecule has 0 unspecified atom stereocenters. The van der Waals surface area contributed by atoms with Gasteiger partial charge in [0.25, 0.3) is 0 Å². The Bertz CT molecular complexity index is 781. The lowest BCUT2D eigenvalue weighted by Crippen LogP contribution is -2.48. The van der Waals surface area contributed by atoms with Crippen molar-refractivity contribution >= 4 is 23.4 Å². The van der Waals surface area contributed by atoms with Crippen LogP contribution in [0, 0.1) is 5.82 Å². The molecule has 2 heterocycles. The van der Waals surface area contributed by atoms with Gasteiger partial charge < -0.3 is 10.2 Å². The minimum absolute atomic E-state index is 0.0904. The molecule has 0 spiro atoms. The van der Waals surface area contributed by atoms with Crippen molar-refractivity contribution in [1.82, 2.24) is 9.88 Å². The Balaban J connectivity index is 1.72. The largest absolute Gasteiger partial charge is 0.327 e. The number of rotatable bonds is 3. The van der Waals surface area contributed by atoms with E-state index in [-0.39, 0.29) is 24.3 Å². The first-order valence-corrected chi connectivity index (χ1v) is 7.57. The third-order valence-electron chi connectivity index (χ3n) is 3.85. The van der Waals surface area contributed by atoms with Crippen molar-refractivity contribution in [1.29, 1.82) is 0 Å². The van der Waals surface area contributed by atoms with Crippen LogP contribution in [-0.2, 0) is 11.2 Å². The molecule has 1 aromatic heterocycles. The highest BCUT2D eigenvalue weighted by atomic mass is 19.1. The second-order valence-corrected chi connectivity index (χ2v) is 5.55. The van der Waals surface area contributed by atoms with Gasteiger partial charge in [0.15, 0.2) is 5.82 Å². The highest BCUT2D eigenvalue weighted by molar-refractivity contribution is 6.08. The highest BCUT2D eigenvalue weighted by Crippen LogP contribution is 2.26. The molecule has 3 rings (SSSR count). The Morgan fingerprint density at radius 1 is 1.33 bits per heavy atom. The Labute approximate surface area is 138 Å². The predicted molar refractivity (Wildman–Crippen MR) is 88.3 cm³/mol. The third-order valence-corrected chi connectivity index (χ3v) is 3.85. The highest BCUT2D eigenvalue weighted by Gasteiger charge is 2.29. The number of hydrogen-bond acceptors (Lipinski definition) is 3. The molecule has 0 fully saturated rings. The first-order valence-electron chi connectivity index (χ1n) is 7.57. The summed E-state index contributed by atoms with van der Waals surface area (Å²) in [5.41, 5.74) is 1.05. The monoisotopic (exact) mass is 328 g/mol. The number of aromatic nitrogens is 1. The predicted octanol–water partition coefficient (Wildman–Crippen LogP) is 2.27. The SMILES string of the molecule is CN(CCc1ccccc1F)C(=O)N1CC(=O)Nc2cccnc21. The number of fused-ring (bicyclic) bond motifs is 1. The Morgan fingerprint density at radius 2 is 2.12 bits per heavy atom. The molecule has 3 amide bonds. The van der Waals surface area contributed by atoms with Gasteiger partial charge in [0.2, 0.25) is 5.91 Å². The van der Waals surface area contributed by atoms with Crippen molar-refractivity contribution in [2.24, 2.45) is 0 Å². The van der Waals surface area contributed by atoms with E-state index in [2.05, 4.69) is 10.3 Å². The fourth-order valence-electron chi connectivity index (χ4n) is 2.57. The van der Waals surface area contributed by atoms with Crippen molar-refractivity contribution in [2.75, 3.05) is 30.4 Å². The average molecular weight is 328 g/mol. The molecule has 24 heavy (non-hydrogen) atoms. The molecule has 0 bridgehead atoms. The first-order chi connectivity index (χ1) is 11.6. The summed E-state index contributed by atoms with van der Waals surface area (Å²) in [5, 5.41) is 2.69. The van der Waals surface area contributed by atoms with Crippen molar-refractivity contribution in [3.05, 3.63) is 54.0 Å². The molecule has 0 atom stereocenters. The van der Waals surface area contributed by atoms with E-state index in [0.29, 0.717) is 30.0 Å². The number of likely N-dealkylation sites (N-methyl/N-ethyl adjacent to an activating group) is 1. The number of nitrogens with one attached hydrogen (secondary N) is 1. The Morgan fingerprint density at radius 3 is 2.92 bits per heavy atom. The zero-order valence-corrected chi connectivity index (χ0v) is 13.2. The van der Waals surface area contributed by atoms with E-state index in [1.165, 1.54) is 15.9 Å². The summed E-state index contributed by atoms with van der Waals surface area (Å²) in [5.74, 6) is -0.145. The van der Waals surface area contributed by atoms with Crippen molar-refractivity contribution in [3.63, 3.8) is 0 Å². The molecule has 6 nitrogen and oxygen atoms in total. The maximum absolute atomic E-state index is 13.7. The number of nitrogens with zero attached hydrogens (tertiary/aromatic N) is 3. The molecular weight excluding hydrogens is 311 g/mol. The topological polar surface area (TPSA) is 65.5 Å². The lowest BCUT2D eigenvalue weighted by atomic mass is 10.1. The molecule has 1 aliphatic heterocycles. The van der Waals surface area contributed by atoms with Gasteiger partial charge in [0, 0.05) is 19.8 Å². The lowest BCUT2D eigenvalue weighted by molar-refractivity contribution is -0.115. The zero-order chi connectivity index (χ0) is 17.1. The van der Waals surface area contributed by atoms with Gasteiger partial charge in [-0.05, 0) is 30.2 Å². The van der Waals surface area contributed by atoms with Gasteiger partial charge in [-0.1, -0.05) is 18.2 Å². The van der Waals surface area contributed by atoms with Gasteiger partial charge in [-0.2, -0.15) is 0 Å². The van der Waals surface area contributed by atoms with Crippen molar-refractivity contribution in [2.45, 2.75) is 6.42 Å². The van der Waals surface area contributed by atoms with E-state index in [1.54, 1.807) is 43.6 Å². The molecule has 0 saturated carbocycles. The number of carbonyl (C=O) groups is 2. The number of hydrogen-bond donors (Lipinski definition) is 1. The maximum atomic E-state index is 13.7. The molecule has 0 aliphatic carbocycles. The summed E-state index contributed by atoms with van der Waals surface area (Å²) in [4.78, 5) is 31.4. The summed E-state index contributed by atoms with van der Waals surface area (Å²) in [7, 11) is 1.62. The van der Waals surface area contributed by atoms with Crippen LogP contribution < -0.4 is 10.2 Å². The molecule has 7 heteroatoms. The Kier molecular flexibility index (Phi) is 4.41. The van der Waals surface area contributed by atoms with Crippen LogP contribution in [0.4, 0.5) is 20.7 Å². The van der Waals surface area contributed by atoms with Crippen molar-refractivity contribution < 1.29 is 14.0 Å². The Hall–Kier alpha value is -2.96. The summed E-state index contributed by atoms with van der Waals surface area (Å²) in [6, 6.07) is 9.51. The van der Waals surface area contributed by atoms with E-state index in [1.807, 2.05) is 0 Å². The molecule has 1 aromatic carbocycles. The van der Waals surface area contributed by atoms with E-state index < -0.39 is 0 Å². The molecule has 1 N–H and O–H groups in total. The lowest BCUT2D eigenvalue weighted by Gasteiger charge is -2.31. The molecule has 0 radical (unpaired) electrons. The fraction of sp³-hybridized carbons (Fsp3) is 0.235. The van der Waals surface area contributed by atoms with Crippen LogP contribution >= 0.6 is 0 Å². The van der Waals surface area contributed by atoms with Crippen LogP contribution in [0.5, 0.6) is 0 Å². The van der Waals surface area contributed by atoms with E-state index in [0.717, 1.165) is 0 Å². The quantitative estimate of drug-likeness (QED) is 0.940. The second kappa shape index (κ2) is 6.66. The average Bonchev–Trinajstić information content (AvgIpc) is 2.59. The van der Waals surface area contributed by atoms with Crippen molar-refractivity contribution in [3.8, 4) is 0 Å². The smallest absolute Gasteiger partial charge is 0.325 e. The van der Waals surface area contributed by atoms with Crippen LogP contribution in [0.1, 0.15) is 5.56 Å². The number of anilines is 2. The van der Waals surface area contributed by atoms with E-state index >= 15 is 0 Å². The zero-order valence-electron chi connectivity index (χ0n) is 13.2. The number of amides is 3. The normalized spacial score (nSPS) is 13.2. The molecule has 124 valence electrons. The van der Waals surface area contributed by atoms with E-state index in [4.69, 9.17) is 0 Å². The summed E-state index contributed by atoms with van der Waals surface area (Å²) in [6.45, 7) is 0.243. The van der Waals surface area contributed by atoms with Crippen LogP contribution in [-0.4, -0.2) is 42.0 Å². The van der Waals surface area contributed by atoms with Crippen LogP contribution in [0.3, 0.4) is 0 Å². The summed E-state index contributed by atoms with van der Waals surface area (Å²) >= 11 is 0. The number of pyridine rings is 1. The van der Waals surface area contributed by atoms with Crippen LogP contribution in [0.2, 0.25) is 0 Å². The van der Waals surface area contributed by atoms with Gasteiger partial charge >= 0.3 is 6.03 Å². The number of benzene rings is 1. The minimum atomic E-state index is -0.346. The van der Waals surface area contributed by atoms with Gasteiger partial charge in [0.1, 0.15) is 12.4 Å². The standard InChI is InChI=1S/C17H17FN4O2/c1-21(10-8-12-5-2-3-6-13(12)18)17(24)22-11-15(23)20-14-7-4-9-19-16(14)22/h2-7,9H,8,10-11H2,1H3,(H,20,23). The van der Waals surface area contributed by atoms with Gasteiger partial charge in [-0.15, -0.1) is 0 Å².